The first-order valence-corrected chi connectivity index (χ1v) is 7.59. The van der Waals surface area contributed by atoms with Crippen LogP contribution in [0.3, 0.4) is 0 Å². The highest BCUT2D eigenvalue weighted by atomic mass is 16.2. The van der Waals surface area contributed by atoms with Crippen molar-refractivity contribution < 1.29 is 4.79 Å². The van der Waals surface area contributed by atoms with E-state index in [1.165, 1.54) is 0 Å². The first-order chi connectivity index (χ1) is 11.2. The fourth-order valence-corrected chi connectivity index (χ4v) is 2.75. The minimum absolute atomic E-state index is 0.204. The van der Waals surface area contributed by atoms with Gasteiger partial charge in [0, 0.05) is 23.8 Å². The molecule has 0 aliphatic heterocycles. The molecule has 0 unspecified atom stereocenters. The third kappa shape index (κ3) is 3.29. The van der Waals surface area contributed by atoms with E-state index in [4.69, 9.17) is 0 Å². The Balaban J connectivity index is 1.66. The molecule has 1 amide bonds. The number of rotatable bonds is 4. The third-order valence-corrected chi connectivity index (χ3v) is 4.07. The molecule has 23 heavy (non-hydrogen) atoms. The Morgan fingerprint density at radius 1 is 1.09 bits per heavy atom. The van der Waals surface area contributed by atoms with Crippen LogP contribution in [0.25, 0.3) is 0 Å². The molecule has 1 aromatic carbocycles. The largest absolute Gasteiger partial charge is 0.325 e. The number of aromatic nitrogens is 2. The maximum atomic E-state index is 12.4. The van der Waals surface area contributed by atoms with Gasteiger partial charge in [-0.1, -0.05) is 12.8 Å². The Labute approximate surface area is 134 Å². The van der Waals surface area contributed by atoms with Crippen molar-refractivity contribution in [3.8, 4) is 6.07 Å². The van der Waals surface area contributed by atoms with Gasteiger partial charge in [-0.05, 0) is 43.2 Å². The molecule has 6 nitrogen and oxygen atoms in total. The fraction of sp³-hybridized carbons (Fsp3) is 0.294. The third-order valence-electron chi connectivity index (χ3n) is 4.07. The summed E-state index contributed by atoms with van der Waals surface area (Å²) in [5.41, 5.74) is 0.635. The molecular formula is C17H17N5O. The van der Waals surface area contributed by atoms with Gasteiger partial charge in [0.05, 0.1) is 6.07 Å². The molecule has 0 bridgehead atoms. The zero-order chi connectivity index (χ0) is 16.1. The molecule has 1 heterocycles. The number of nitriles is 1. The van der Waals surface area contributed by atoms with Gasteiger partial charge in [-0.25, -0.2) is 9.97 Å². The Kier molecular flexibility index (Phi) is 4.20. The summed E-state index contributed by atoms with van der Waals surface area (Å²) < 4.78 is 0. The monoisotopic (exact) mass is 307 g/mol. The number of carbonyl (C=O) groups excluding carboxylic acids is 1. The lowest BCUT2D eigenvalue weighted by atomic mass is 9.87. The molecule has 2 aromatic rings. The summed E-state index contributed by atoms with van der Waals surface area (Å²) in [7, 11) is 0. The number of hydrogen-bond donors (Lipinski definition) is 2. The topological polar surface area (TPSA) is 90.7 Å². The number of anilines is 3. The van der Waals surface area contributed by atoms with Gasteiger partial charge >= 0.3 is 0 Å². The summed E-state index contributed by atoms with van der Waals surface area (Å²) in [4.78, 5) is 20.6. The minimum atomic E-state index is -0.866. The first kappa shape index (κ1) is 15.0. The molecule has 1 fully saturated rings. The summed E-state index contributed by atoms with van der Waals surface area (Å²) in [6, 6.07) is 11.2. The quantitative estimate of drug-likeness (QED) is 0.904. The molecule has 1 aromatic heterocycles. The van der Waals surface area contributed by atoms with Crippen LogP contribution in [0, 0.1) is 16.7 Å². The molecule has 116 valence electrons. The van der Waals surface area contributed by atoms with Crippen LogP contribution in [-0.2, 0) is 4.79 Å². The second-order valence-corrected chi connectivity index (χ2v) is 5.63. The number of carbonyl (C=O) groups is 1. The van der Waals surface area contributed by atoms with Crippen molar-refractivity contribution in [1.29, 1.82) is 5.26 Å². The van der Waals surface area contributed by atoms with E-state index < -0.39 is 5.41 Å². The summed E-state index contributed by atoms with van der Waals surface area (Å²) >= 11 is 0. The maximum absolute atomic E-state index is 12.4. The zero-order valence-electron chi connectivity index (χ0n) is 12.6. The van der Waals surface area contributed by atoms with Gasteiger partial charge in [0.25, 0.3) is 0 Å². The van der Waals surface area contributed by atoms with E-state index in [1.54, 1.807) is 30.6 Å². The molecule has 0 atom stereocenters. The number of amides is 1. The Hall–Kier alpha value is -2.94. The van der Waals surface area contributed by atoms with E-state index in [0.29, 0.717) is 24.5 Å². The standard InChI is InChI=1S/C17H17N5O/c18-12-17(8-1-2-9-17)15(23)21-13-4-6-14(7-5-13)22-16-19-10-3-11-20-16/h3-7,10-11H,1-2,8-9H2,(H,21,23)(H,19,20,22). The van der Waals surface area contributed by atoms with E-state index in [1.807, 2.05) is 12.1 Å². The molecular weight excluding hydrogens is 290 g/mol. The zero-order valence-corrected chi connectivity index (χ0v) is 12.6. The van der Waals surface area contributed by atoms with Gasteiger partial charge in [-0.2, -0.15) is 5.26 Å². The van der Waals surface area contributed by atoms with Crippen LogP contribution in [0.15, 0.2) is 42.7 Å². The van der Waals surface area contributed by atoms with Crippen LogP contribution in [0.2, 0.25) is 0 Å². The smallest absolute Gasteiger partial charge is 0.244 e. The van der Waals surface area contributed by atoms with Crippen LogP contribution in [0.5, 0.6) is 0 Å². The SMILES string of the molecule is N#CC1(C(=O)Nc2ccc(Nc3ncccn3)cc2)CCCC1. The summed E-state index contributed by atoms with van der Waals surface area (Å²) in [6.07, 6.45) is 6.46. The number of benzene rings is 1. The first-order valence-electron chi connectivity index (χ1n) is 7.59. The molecule has 2 N–H and O–H groups in total. The molecule has 1 aliphatic carbocycles. The predicted molar refractivity (Wildman–Crippen MR) is 86.9 cm³/mol. The highest BCUT2D eigenvalue weighted by Gasteiger charge is 2.41. The van der Waals surface area contributed by atoms with Crippen LogP contribution >= 0.6 is 0 Å². The van der Waals surface area contributed by atoms with Gasteiger partial charge in [0.1, 0.15) is 5.41 Å². The lowest BCUT2D eigenvalue weighted by Gasteiger charge is -2.19. The van der Waals surface area contributed by atoms with Crippen molar-refractivity contribution in [1.82, 2.24) is 9.97 Å². The average Bonchev–Trinajstić information content (AvgIpc) is 3.08. The summed E-state index contributed by atoms with van der Waals surface area (Å²) in [6.45, 7) is 0. The molecule has 0 spiro atoms. The number of nitrogens with one attached hydrogen (secondary N) is 2. The van der Waals surface area contributed by atoms with Crippen molar-refractivity contribution in [3.05, 3.63) is 42.7 Å². The maximum Gasteiger partial charge on any atom is 0.244 e. The Morgan fingerprint density at radius 2 is 1.70 bits per heavy atom. The van der Waals surface area contributed by atoms with E-state index in [9.17, 15) is 10.1 Å². The second-order valence-electron chi connectivity index (χ2n) is 5.63. The molecule has 0 radical (unpaired) electrons. The van der Waals surface area contributed by atoms with Gasteiger partial charge in [0.15, 0.2) is 0 Å². The van der Waals surface area contributed by atoms with E-state index in [0.717, 1.165) is 18.5 Å². The minimum Gasteiger partial charge on any atom is -0.325 e. The number of nitrogens with zero attached hydrogens (tertiary/aromatic N) is 3. The highest BCUT2D eigenvalue weighted by molar-refractivity contribution is 5.97. The number of hydrogen-bond acceptors (Lipinski definition) is 5. The van der Waals surface area contributed by atoms with E-state index >= 15 is 0 Å². The second kappa shape index (κ2) is 6.44. The molecule has 3 rings (SSSR count). The van der Waals surface area contributed by atoms with Crippen molar-refractivity contribution in [2.45, 2.75) is 25.7 Å². The van der Waals surface area contributed by atoms with Crippen molar-refractivity contribution >= 4 is 23.2 Å². The van der Waals surface area contributed by atoms with Crippen LogP contribution in [0.1, 0.15) is 25.7 Å². The predicted octanol–water partition coefficient (Wildman–Crippen LogP) is 3.24. The van der Waals surface area contributed by atoms with Gasteiger partial charge < -0.3 is 10.6 Å². The van der Waals surface area contributed by atoms with Crippen molar-refractivity contribution in [2.24, 2.45) is 5.41 Å². The fourth-order valence-electron chi connectivity index (χ4n) is 2.75. The van der Waals surface area contributed by atoms with Gasteiger partial charge in [-0.15, -0.1) is 0 Å². The van der Waals surface area contributed by atoms with Crippen LogP contribution in [0.4, 0.5) is 17.3 Å². The van der Waals surface area contributed by atoms with Crippen molar-refractivity contribution in [3.63, 3.8) is 0 Å². The van der Waals surface area contributed by atoms with E-state index in [-0.39, 0.29) is 5.91 Å². The average molecular weight is 307 g/mol. The summed E-state index contributed by atoms with van der Waals surface area (Å²) in [5, 5.41) is 15.3. The highest BCUT2D eigenvalue weighted by Crippen LogP contribution is 2.38. The molecule has 0 saturated heterocycles. The van der Waals surface area contributed by atoms with Gasteiger partial charge in [-0.3, -0.25) is 4.79 Å². The van der Waals surface area contributed by atoms with Gasteiger partial charge in [0.2, 0.25) is 11.9 Å². The summed E-state index contributed by atoms with van der Waals surface area (Å²) in [5.74, 6) is 0.309. The Morgan fingerprint density at radius 3 is 2.30 bits per heavy atom. The van der Waals surface area contributed by atoms with Crippen LogP contribution < -0.4 is 10.6 Å². The molecule has 6 heteroatoms. The van der Waals surface area contributed by atoms with Crippen LogP contribution in [-0.4, -0.2) is 15.9 Å². The lowest BCUT2D eigenvalue weighted by molar-refractivity contribution is -0.122. The normalized spacial score (nSPS) is 15.6. The molecule has 1 saturated carbocycles. The van der Waals surface area contributed by atoms with Crippen molar-refractivity contribution in [2.75, 3.05) is 10.6 Å². The Bertz CT molecular complexity index is 715. The van der Waals surface area contributed by atoms with E-state index in [2.05, 4.69) is 26.7 Å². The lowest BCUT2D eigenvalue weighted by Crippen LogP contribution is -2.32. The molecule has 1 aliphatic rings.